The van der Waals surface area contributed by atoms with Crippen LogP contribution in [0.2, 0.25) is 0 Å². The normalized spacial score (nSPS) is 19.7. The van der Waals surface area contributed by atoms with Crippen LogP contribution >= 0.6 is 11.8 Å². The summed E-state index contributed by atoms with van der Waals surface area (Å²) in [5, 5.41) is 7.53. The van der Waals surface area contributed by atoms with Gasteiger partial charge in [-0.15, -0.1) is 0 Å². The minimum absolute atomic E-state index is 0.0728. The Kier molecular flexibility index (Phi) is 4.41. The van der Waals surface area contributed by atoms with E-state index in [1.165, 1.54) is 34.0 Å². The molecule has 2 aromatic carbocycles. The fraction of sp³-hybridized carbons (Fsp3) is 0.286. The Balaban J connectivity index is 1.74. The molecule has 1 atom stereocenters. The monoisotopic (exact) mass is 363 g/mol. The number of nitrogens with zero attached hydrogens (tertiary/aromatic N) is 3. The van der Waals surface area contributed by atoms with Gasteiger partial charge in [0.2, 0.25) is 0 Å². The fourth-order valence-electron chi connectivity index (χ4n) is 3.33. The summed E-state index contributed by atoms with van der Waals surface area (Å²) in [7, 11) is 0. The highest BCUT2D eigenvalue weighted by Gasteiger charge is 2.34. The van der Waals surface area contributed by atoms with Crippen molar-refractivity contribution in [3.8, 4) is 0 Å². The summed E-state index contributed by atoms with van der Waals surface area (Å²) in [6.45, 7) is 6.34. The van der Waals surface area contributed by atoms with Crippen LogP contribution < -0.4 is 0 Å². The number of aryl methyl sites for hydroxylation is 3. The molecular formula is C21H21N3OS. The van der Waals surface area contributed by atoms with Crippen LogP contribution in [-0.2, 0) is 4.79 Å². The van der Waals surface area contributed by atoms with Crippen LogP contribution in [-0.4, -0.2) is 27.5 Å². The molecule has 0 aliphatic carbocycles. The number of hydrazone groups is 1. The minimum atomic E-state index is -0.0807. The number of rotatable bonds is 2. The van der Waals surface area contributed by atoms with Gasteiger partial charge in [0, 0.05) is 6.42 Å². The third kappa shape index (κ3) is 3.19. The first-order valence-corrected chi connectivity index (χ1v) is 9.75. The molecule has 4 nitrogen and oxygen atoms in total. The Labute approximate surface area is 158 Å². The summed E-state index contributed by atoms with van der Waals surface area (Å²) in [6, 6.07) is 15.0. The van der Waals surface area contributed by atoms with E-state index in [4.69, 9.17) is 5.10 Å². The number of carbonyl (C=O) groups excluding carboxylic acids is 1. The van der Waals surface area contributed by atoms with Crippen molar-refractivity contribution in [2.45, 2.75) is 33.2 Å². The smallest absolute Gasteiger partial charge is 0.258 e. The molecule has 132 valence electrons. The quantitative estimate of drug-likeness (QED) is 0.795. The van der Waals surface area contributed by atoms with Gasteiger partial charge in [-0.3, -0.25) is 4.79 Å². The summed E-state index contributed by atoms with van der Waals surface area (Å²) in [6.07, 6.45) is 0.805. The van der Waals surface area contributed by atoms with E-state index in [0.29, 0.717) is 10.9 Å². The summed E-state index contributed by atoms with van der Waals surface area (Å²) >= 11 is 1.47. The predicted molar refractivity (Wildman–Crippen MR) is 108 cm³/mol. The molecule has 1 unspecified atom stereocenters. The summed E-state index contributed by atoms with van der Waals surface area (Å²) in [5.41, 5.74) is 7.15. The Morgan fingerprint density at radius 2 is 1.92 bits per heavy atom. The molecule has 2 aromatic rings. The van der Waals surface area contributed by atoms with Crippen LogP contribution in [0.25, 0.3) is 0 Å². The fourth-order valence-corrected chi connectivity index (χ4v) is 4.12. The first-order valence-electron chi connectivity index (χ1n) is 8.76. The van der Waals surface area contributed by atoms with E-state index < -0.39 is 0 Å². The number of hydrogen-bond donors (Lipinski definition) is 0. The largest absolute Gasteiger partial charge is 0.272 e. The van der Waals surface area contributed by atoms with Crippen LogP contribution in [0.1, 0.15) is 40.3 Å². The van der Waals surface area contributed by atoms with Crippen molar-refractivity contribution in [2.24, 2.45) is 10.1 Å². The van der Waals surface area contributed by atoms with Crippen LogP contribution in [0, 0.1) is 20.8 Å². The molecule has 0 saturated carbocycles. The van der Waals surface area contributed by atoms with Crippen molar-refractivity contribution in [2.75, 3.05) is 5.75 Å². The van der Waals surface area contributed by atoms with Gasteiger partial charge in [0.15, 0.2) is 5.17 Å². The lowest BCUT2D eigenvalue weighted by molar-refractivity contribution is -0.115. The molecule has 2 aliphatic rings. The number of hydrogen-bond acceptors (Lipinski definition) is 4. The van der Waals surface area contributed by atoms with Crippen molar-refractivity contribution in [3.05, 3.63) is 70.3 Å². The summed E-state index contributed by atoms with van der Waals surface area (Å²) in [4.78, 5) is 15.8. The Morgan fingerprint density at radius 1 is 1.08 bits per heavy atom. The predicted octanol–water partition coefficient (Wildman–Crippen LogP) is 4.39. The first-order chi connectivity index (χ1) is 12.5. The molecule has 0 radical (unpaired) electrons. The zero-order valence-electron chi connectivity index (χ0n) is 15.2. The third-order valence-electron chi connectivity index (χ3n) is 4.92. The summed E-state index contributed by atoms with van der Waals surface area (Å²) < 4.78 is 0. The molecule has 0 aromatic heterocycles. The molecule has 0 spiro atoms. The maximum atomic E-state index is 11.7. The van der Waals surface area contributed by atoms with Crippen LogP contribution in [0.5, 0.6) is 0 Å². The first kappa shape index (κ1) is 17.0. The lowest BCUT2D eigenvalue weighted by Crippen LogP contribution is -2.23. The second kappa shape index (κ2) is 6.72. The van der Waals surface area contributed by atoms with Crippen LogP contribution in [0.15, 0.2) is 52.6 Å². The van der Waals surface area contributed by atoms with Gasteiger partial charge in [0.05, 0.1) is 17.5 Å². The molecule has 0 N–H and O–H groups in total. The Bertz CT molecular complexity index is 948. The van der Waals surface area contributed by atoms with Gasteiger partial charge in [-0.25, -0.2) is 5.01 Å². The van der Waals surface area contributed by atoms with E-state index >= 15 is 0 Å². The average Bonchev–Trinajstić information content (AvgIpc) is 3.23. The molecule has 0 bridgehead atoms. The van der Waals surface area contributed by atoms with Crippen molar-refractivity contribution in [1.29, 1.82) is 0 Å². The molecule has 2 heterocycles. The highest BCUT2D eigenvalue weighted by molar-refractivity contribution is 8.14. The number of amidine groups is 1. The molecular weight excluding hydrogens is 342 g/mol. The molecule has 2 aliphatic heterocycles. The maximum absolute atomic E-state index is 11.7. The number of carbonyl (C=O) groups is 1. The molecule has 4 rings (SSSR count). The van der Waals surface area contributed by atoms with E-state index in [-0.39, 0.29) is 11.9 Å². The van der Waals surface area contributed by atoms with Crippen molar-refractivity contribution in [1.82, 2.24) is 5.01 Å². The SMILES string of the molecule is Cc1cccc(C2CC(c3ccc(C)c(C)c3)=NN2C2=NC(=O)CS2)c1. The number of amides is 1. The summed E-state index contributed by atoms with van der Waals surface area (Å²) in [5.74, 6) is 0.323. The molecule has 5 heteroatoms. The topological polar surface area (TPSA) is 45.0 Å². The van der Waals surface area contributed by atoms with Gasteiger partial charge < -0.3 is 0 Å². The van der Waals surface area contributed by atoms with Gasteiger partial charge in [0.1, 0.15) is 0 Å². The minimum Gasteiger partial charge on any atom is -0.272 e. The van der Waals surface area contributed by atoms with Crippen molar-refractivity contribution >= 4 is 28.5 Å². The standard InChI is InChI=1S/C21H21N3OS/c1-13-5-4-6-17(9-13)19-11-18(16-8-7-14(2)15(3)10-16)23-24(19)21-22-20(25)12-26-21/h4-10,19H,11-12H2,1-3H3. The highest BCUT2D eigenvalue weighted by Crippen LogP contribution is 2.36. The van der Waals surface area contributed by atoms with Gasteiger partial charge >= 0.3 is 0 Å². The lowest BCUT2D eigenvalue weighted by atomic mass is 9.96. The van der Waals surface area contributed by atoms with E-state index in [1.807, 2.05) is 5.01 Å². The second-order valence-corrected chi connectivity index (χ2v) is 7.84. The Morgan fingerprint density at radius 3 is 2.62 bits per heavy atom. The second-order valence-electron chi connectivity index (χ2n) is 6.90. The van der Waals surface area contributed by atoms with Crippen LogP contribution in [0.3, 0.4) is 0 Å². The van der Waals surface area contributed by atoms with E-state index in [9.17, 15) is 4.79 Å². The van der Waals surface area contributed by atoms with Crippen molar-refractivity contribution < 1.29 is 4.79 Å². The molecule has 26 heavy (non-hydrogen) atoms. The van der Waals surface area contributed by atoms with E-state index in [1.54, 1.807) is 0 Å². The van der Waals surface area contributed by atoms with Gasteiger partial charge in [-0.1, -0.05) is 53.7 Å². The maximum Gasteiger partial charge on any atom is 0.258 e. The molecule has 1 amide bonds. The number of benzene rings is 2. The van der Waals surface area contributed by atoms with Crippen molar-refractivity contribution in [3.63, 3.8) is 0 Å². The van der Waals surface area contributed by atoms with Gasteiger partial charge in [0.25, 0.3) is 5.91 Å². The average molecular weight is 363 g/mol. The molecule has 0 fully saturated rings. The highest BCUT2D eigenvalue weighted by atomic mass is 32.2. The van der Waals surface area contributed by atoms with Gasteiger partial charge in [-0.2, -0.15) is 10.1 Å². The number of aliphatic imine (C=N–C) groups is 1. The van der Waals surface area contributed by atoms with E-state index in [2.05, 4.69) is 68.2 Å². The zero-order chi connectivity index (χ0) is 18.3. The molecule has 0 saturated heterocycles. The van der Waals surface area contributed by atoms with Gasteiger partial charge in [-0.05, 0) is 49.1 Å². The van der Waals surface area contributed by atoms with E-state index in [0.717, 1.165) is 17.7 Å². The third-order valence-corrected chi connectivity index (χ3v) is 5.85. The Hall–Kier alpha value is -2.40. The van der Waals surface area contributed by atoms with Crippen LogP contribution in [0.4, 0.5) is 0 Å². The zero-order valence-corrected chi connectivity index (χ0v) is 16.0. The number of thioether (sulfide) groups is 1. The lowest BCUT2D eigenvalue weighted by Gasteiger charge is -2.22.